The minimum atomic E-state index is -0.580. The minimum Gasteiger partial charge on any atom is -0.378 e. The number of nitrogens with zero attached hydrogens (tertiary/aromatic N) is 4. The second kappa shape index (κ2) is 8.39. The van der Waals surface area contributed by atoms with E-state index in [1.165, 1.54) is 18.7 Å². The zero-order chi connectivity index (χ0) is 22.1. The molecule has 0 fully saturated rings. The standard InChI is InChI=1S/C23H23N5O2S/c1-5-14-31-23-24-21(30)20-18-8-6-7-9-19(18)27(15(2)29)22(28(20)25-23)16-10-12-17(13-11-16)26(3)4/h5-13,22H,1,14H2,2-4H3/p+1. The Morgan fingerprint density at radius 1 is 1.26 bits per heavy atom. The van der Waals surface area contributed by atoms with Gasteiger partial charge >= 0.3 is 11.3 Å². The first-order valence-corrected chi connectivity index (χ1v) is 10.9. The quantitative estimate of drug-likeness (QED) is 0.380. The normalized spacial score (nSPS) is 14.5. The van der Waals surface area contributed by atoms with E-state index in [-0.39, 0.29) is 11.5 Å². The van der Waals surface area contributed by atoms with Crippen molar-refractivity contribution in [2.45, 2.75) is 18.2 Å². The first-order chi connectivity index (χ1) is 14.9. The summed E-state index contributed by atoms with van der Waals surface area (Å²) < 4.78 is 1.67. The van der Waals surface area contributed by atoms with Gasteiger partial charge in [0.15, 0.2) is 0 Å². The molecule has 1 atom stereocenters. The van der Waals surface area contributed by atoms with Crippen molar-refractivity contribution in [1.29, 1.82) is 0 Å². The van der Waals surface area contributed by atoms with Gasteiger partial charge in [0.2, 0.25) is 11.1 Å². The number of anilines is 2. The first kappa shape index (κ1) is 20.9. The Morgan fingerprint density at radius 3 is 2.61 bits per heavy atom. The molecule has 1 aliphatic heterocycles. The molecule has 1 N–H and O–H groups in total. The molecule has 0 spiro atoms. The van der Waals surface area contributed by atoms with Crippen molar-refractivity contribution >= 4 is 29.0 Å². The maximum Gasteiger partial charge on any atom is 0.325 e. The third-order valence-electron chi connectivity index (χ3n) is 5.14. The van der Waals surface area contributed by atoms with Gasteiger partial charge in [0.25, 0.3) is 6.17 Å². The van der Waals surface area contributed by atoms with E-state index in [9.17, 15) is 9.59 Å². The van der Waals surface area contributed by atoms with E-state index >= 15 is 0 Å². The van der Waals surface area contributed by atoms with E-state index in [4.69, 9.17) is 5.10 Å². The van der Waals surface area contributed by atoms with E-state index < -0.39 is 6.17 Å². The number of aromatic nitrogens is 3. The molecule has 0 radical (unpaired) electrons. The lowest BCUT2D eigenvalue weighted by Gasteiger charge is -2.31. The van der Waals surface area contributed by atoms with Crippen LogP contribution < -0.4 is 20.0 Å². The average molecular weight is 435 g/mol. The maximum atomic E-state index is 13.1. The van der Waals surface area contributed by atoms with Crippen LogP contribution in [0.3, 0.4) is 0 Å². The number of nitrogens with one attached hydrogen (secondary N) is 1. The van der Waals surface area contributed by atoms with Gasteiger partial charge in [-0.05, 0) is 41.1 Å². The number of carbonyl (C=O) groups is 1. The van der Waals surface area contributed by atoms with Crippen molar-refractivity contribution in [2.24, 2.45) is 0 Å². The largest absolute Gasteiger partial charge is 0.378 e. The van der Waals surface area contributed by atoms with Gasteiger partial charge in [-0.2, -0.15) is 0 Å². The Labute approximate surface area is 185 Å². The van der Waals surface area contributed by atoms with Crippen LogP contribution in [0.1, 0.15) is 18.7 Å². The molecule has 0 bridgehead atoms. The van der Waals surface area contributed by atoms with E-state index in [0.29, 0.717) is 27.9 Å². The number of benzene rings is 2. The van der Waals surface area contributed by atoms with Crippen molar-refractivity contribution in [2.75, 3.05) is 29.6 Å². The van der Waals surface area contributed by atoms with Crippen molar-refractivity contribution < 1.29 is 9.48 Å². The molecule has 0 aliphatic carbocycles. The average Bonchev–Trinajstić information content (AvgIpc) is 2.76. The first-order valence-electron chi connectivity index (χ1n) is 9.88. The van der Waals surface area contributed by atoms with E-state index in [1.54, 1.807) is 15.7 Å². The predicted molar refractivity (Wildman–Crippen MR) is 123 cm³/mol. The molecule has 3 aromatic rings. The summed E-state index contributed by atoms with van der Waals surface area (Å²) in [5.41, 5.74) is 3.45. The Bertz CT molecular complexity index is 1200. The second-order valence-corrected chi connectivity index (χ2v) is 8.43. The van der Waals surface area contributed by atoms with Crippen LogP contribution in [-0.4, -0.2) is 35.8 Å². The van der Waals surface area contributed by atoms with E-state index in [1.807, 2.05) is 67.5 Å². The zero-order valence-electron chi connectivity index (χ0n) is 17.7. The summed E-state index contributed by atoms with van der Waals surface area (Å²) in [6, 6.07) is 15.4. The molecule has 7 nitrogen and oxygen atoms in total. The molecular formula is C23H24N5O2S+. The third-order valence-corrected chi connectivity index (χ3v) is 6.00. The molecule has 158 valence electrons. The lowest BCUT2D eigenvalue weighted by Crippen LogP contribution is -2.60. The Kier molecular flexibility index (Phi) is 5.65. The number of H-pyrrole nitrogens is 1. The maximum absolute atomic E-state index is 13.1. The highest BCUT2D eigenvalue weighted by atomic mass is 32.2. The Morgan fingerprint density at radius 2 is 1.97 bits per heavy atom. The molecule has 2 aromatic carbocycles. The fourth-order valence-electron chi connectivity index (χ4n) is 3.76. The monoisotopic (exact) mass is 434 g/mol. The van der Waals surface area contributed by atoms with Gasteiger partial charge in [0, 0.05) is 43.1 Å². The summed E-state index contributed by atoms with van der Waals surface area (Å²) in [6.45, 7) is 5.26. The van der Waals surface area contributed by atoms with Crippen LogP contribution in [0, 0.1) is 0 Å². The van der Waals surface area contributed by atoms with Crippen LogP contribution in [0.15, 0.2) is 71.1 Å². The van der Waals surface area contributed by atoms with Crippen LogP contribution >= 0.6 is 11.8 Å². The second-order valence-electron chi connectivity index (χ2n) is 7.42. The van der Waals surface area contributed by atoms with Gasteiger partial charge in [-0.15, -0.1) is 6.58 Å². The molecule has 1 amide bonds. The zero-order valence-corrected chi connectivity index (χ0v) is 18.5. The molecule has 0 saturated heterocycles. The summed E-state index contributed by atoms with van der Waals surface area (Å²) in [6.07, 6.45) is 1.17. The number of hydrogen-bond donors (Lipinski definition) is 1. The molecule has 1 aromatic heterocycles. The van der Waals surface area contributed by atoms with Crippen molar-refractivity contribution in [3.8, 4) is 11.3 Å². The fourth-order valence-corrected chi connectivity index (χ4v) is 4.35. The number of carbonyl (C=O) groups excluding carboxylic acids is 1. The van der Waals surface area contributed by atoms with Crippen LogP contribution in [0.2, 0.25) is 0 Å². The fraction of sp³-hybridized carbons (Fsp3) is 0.217. The van der Waals surface area contributed by atoms with Gasteiger partial charge < -0.3 is 4.90 Å². The molecule has 2 heterocycles. The number of hydrogen-bond acceptors (Lipinski definition) is 5. The smallest absolute Gasteiger partial charge is 0.325 e. The van der Waals surface area contributed by atoms with Gasteiger partial charge in [-0.25, -0.2) is 4.90 Å². The summed E-state index contributed by atoms with van der Waals surface area (Å²) >= 11 is 1.39. The molecule has 0 saturated carbocycles. The summed E-state index contributed by atoms with van der Waals surface area (Å²) in [7, 11) is 3.95. The van der Waals surface area contributed by atoms with Crippen molar-refractivity contribution in [3.05, 3.63) is 77.1 Å². The molecule has 31 heavy (non-hydrogen) atoms. The summed E-state index contributed by atoms with van der Waals surface area (Å²) in [4.78, 5) is 32.6. The highest BCUT2D eigenvalue weighted by molar-refractivity contribution is 7.99. The van der Waals surface area contributed by atoms with E-state index in [0.717, 1.165) is 11.3 Å². The molecule has 1 aliphatic rings. The Hall–Kier alpha value is -3.39. The van der Waals surface area contributed by atoms with Crippen molar-refractivity contribution in [3.63, 3.8) is 0 Å². The molecular weight excluding hydrogens is 410 g/mol. The van der Waals surface area contributed by atoms with Crippen molar-refractivity contribution in [1.82, 2.24) is 10.1 Å². The van der Waals surface area contributed by atoms with Gasteiger partial charge in [-0.3, -0.25) is 14.6 Å². The van der Waals surface area contributed by atoms with E-state index in [2.05, 4.69) is 11.6 Å². The van der Waals surface area contributed by atoms with Crippen LogP contribution in [0.4, 0.5) is 11.4 Å². The minimum absolute atomic E-state index is 0.130. The highest BCUT2D eigenvalue weighted by Gasteiger charge is 2.44. The number of rotatable bonds is 5. The SMILES string of the molecule is C=CCSc1n[n+]2c(c(=O)[nH]1)-c1ccccc1N(C(C)=O)C2c1ccc(N(C)C)cc1. The highest BCUT2D eigenvalue weighted by Crippen LogP contribution is 2.37. The summed E-state index contributed by atoms with van der Waals surface area (Å²) in [5, 5.41) is 5.21. The number of para-hydroxylation sites is 1. The lowest BCUT2D eigenvalue weighted by molar-refractivity contribution is -0.763. The van der Waals surface area contributed by atoms with Crippen LogP contribution in [-0.2, 0) is 4.79 Å². The number of fused-ring (bicyclic) bond motifs is 3. The predicted octanol–water partition coefficient (Wildman–Crippen LogP) is 2.98. The van der Waals surface area contributed by atoms with Gasteiger partial charge in [0.1, 0.15) is 0 Å². The topological polar surface area (TPSA) is 73.2 Å². The molecule has 1 unspecified atom stereocenters. The number of thioether (sulfide) groups is 1. The summed E-state index contributed by atoms with van der Waals surface area (Å²) in [5.74, 6) is 0.479. The molecule has 8 heteroatoms. The number of aromatic amines is 1. The van der Waals surface area contributed by atoms with Gasteiger partial charge in [0.05, 0.1) is 11.3 Å². The van der Waals surface area contributed by atoms with Crippen LogP contribution in [0.25, 0.3) is 11.3 Å². The van der Waals surface area contributed by atoms with Crippen LogP contribution in [0.5, 0.6) is 0 Å². The van der Waals surface area contributed by atoms with Gasteiger partial charge in [-0.1, -0.05) is 30.0 Å². The molecule has 4 rings (SSSR count). The number of amides is 1. The lowest BCUT2D eigenvalue weighted by atomic mass is 10.0. The third kappa shape index (κ3) is 3.74. The Balaban J connectivity index is 1.99.